The van der Waals surface area contributed by atoms with Crippen molar-refractivity contribution in [2.45, 2.75) is 26.9 Å². The highest BCUT2D eigenvalue weighted by Gasteiger charge is 2.05. The third kappa shape index (κ3) is 1.56. The zero-order valence-corrected chi connectivity index (χ0v) is 9.32. The highest BCUT2D eigenvalue weighted by molar-refractivity contribution is 7.19. The number of aliphatic hydroxyl groups excluding tert-OH is 1. The van der Waals surface area contributed by atoms with Gasteiger partial charge in [-0.2, -0.15) is 0 Å². The number of rotatable bonds is 2. The van der Waals surface area contributed by atoms with Crippen molar-refractivity contribution in [1.29, 1.82) is 0 Å². The van der Waals surface area contributed by atoms with E-state index in [-0.39, 0.29) is 6.61 Å². The lowest BCUT2D eigenvalue weighted by Gasteiger charge is -2.00. The first-order valence-electron chi connectivity index (χ1n) is 4.87. The molecule has 0 fully saturated rings. The Kier molecular flexibility index (Phi) is 2.57. The summed E-state index contributed by atoms with van der Waals surface area (Å²) < 4.78 is 1.34. The van der Waals surface area contributed by atoms with Crippen molar-refractivity contribution in [2.24, 2.45) is 0 Å². The van der Waals surface area contributed by atoms with E-state index in [4.69, 9.17) is 5.11 Å². The summed E-state index contributed by atoms with van der Waals surface area (Å²) in [6, 6.07) is 6.51. The Morgan fingerprint density at radius 3 is 2.71 bits per heavy atom. The Morgan fingerprint density at radius 2 is 2.07 bits per heavy atom. The van der Waals surface area contributed by atoms with Gasteiger partial charge in [0.2, 0.25) is 0 Å². The van der Waals surface area contributed by atoms with E-state index in [1.807, 2.05) is 0 Å². The van der Waals surface area contributed by atoms with Gasteiger partial charge in [-0.15, -0.1) is 11.3 Å². The van der Waals surface area contributed by atoms with Gasteiger partial charge in [0.15, 0.2) is 0 Å². The summed E-state index contributed by atoms with van der Waals surface area (Å²) in [5, 5.41) is 10.4. The highest BCUT2D eigenvalue weighted by atomic mass is 32.1. The van der Waals surface area contributed by atoms with Crippen molar-refractivity contribution in [3.8, 4) is 0 Å². The smallest absolute Gasteiger partial charge is 0.0774 e. The Morgan fingerprint density at radius 1 is 1.29 bits per heavy atom. The van der Waals surface area contributed by atoms with E-state index in [0.29, 0.717) is 0 Å². The van der Waals surface area contributed by atoms with Crippen LogP contribution in [0, 0.1) is 6.92 Å². The first-order valence-corrected chi connectivity index (χ1v) is 5.69. The van der Waals surface area contributed by atoms with E-state index in [2.05, 4.69) is 32.0 Å². The second kappa shape index (κ2) is 3.71. The van der Waals surface area contributed by atoms with Gasteiger partial charge in [-0.25, -0.2) is 0 Å². The number of hydrogen-bond acceptors (Lipinski definition) is 2. The molecule has 0 amide bonds. The molecule has 0 unspecified atom stereocenters. The Hall–Kier alpha value is -0.860. The summed E-state index contributed by atoms with van der Waals surface area (Å²) in [4.78, 5) is 1.06. The molecule has 0 spiro atoms. The lowest BCUT2D eigenvalue weighted by Crippen LogP contribution is -1.81. The lowest BCUT2D eigenvalue weighted by molar-refractivity contribution is 0.285. The van der Waals surface area contributed by atoms with Crippen LogP contribution in [0.15, 0.2) is 18.2 Å². The number of thiophene rings is 1. The van der Waals surface area contributed by atoms with Crippen LogP contribution in [0.2, 0.25) is 0 Å². The van der Waals surface area contributed by atoms with Crippen molar-refractivity contribution >= 4 is 21.4 Å². The first-order chi connectivity index (χ1) is 6.74. The molecule has 0 saturated heterocycles. The molecule has 2 aromatic rings. The van der Waals surface area contributed by atoms with Crippen molar-refractivity contribution in [3.05, 3.63) is 34.2 Å². The minimum Gasteiger partial charge on any atom is -0.391 e. The van der Waals surface area contributed by atoms with E-state index < -0.39 is 0 Å². The molecule has 1 nitrogen and oxygen atoms in total. The van der Waals surface area contributed by atoms with Crippen LogP contribution < -0.4 is 0 Å². The van der Waals surface area contributed by atoms with Crippen molar-refractivity contribution in [2.75, 3.05) is 0 Å². The van der Waals surface area contributed by atoms with Crippen LogP contribution in [0.3, 0.4) is 0 Å². The summed E-state index contributed by atoms with van der Waals surface area (Å²) in [5.41, 5.74) is 2.70. The average Bonchev–Trinajstić information content (AvgIpc) is 2.59. The average molecular weight is 206 g/mol. The fraction of sp³-hybridized carbons (Fsp3) is 0.333. The van der Waals surface area contributed by atoms with E-state index >= 15 is 0 Å². The summed E-state index contributed by atoms with van der Waals surface area (Å²) in [6.07, 6.45) is 1.06. The van der Waals surface area contributed by atoms with Gasteiger partial charge in [0.05, 0.1) is 6.61 Å². The van der Waals surface area contributed by atoms with Gasteiger partial charge in [-0.3, -0.25) is 0 Å². The van der Waals surface area contributed by atoms with Crippen LogP contribution in [0.5, 0.6) is 0 Å². The van der Waals surface area contributed by atoms with Crippen LogP contribution in [-0.2, 0) is 13.0 Å². The molecule has 14 heavy (non-hydrogen) atoms. The normalized spacial score (nSPS) is 11.1. The molecular formula is C12H14OS. The number of fused-ring (bicyclic) bond motifs is 1. The molecule has 0 aliphatic rings. The zero-order valence-electron chi connectivity index (χ0n) is 8.50. The predicted octanol–water partition coefficient (Wildman–Crippen LogP) is 3.26. The SMILES string of the molecule is CCc1cc(C)cc2cc(CO)sc12. The number of benzene rings is 1. The Labute approximate surface area is 88.0 Å². The van der Waals surface area contributed by atoms with Crippen molar-refractivity contribution in [3.63, 3.8) is 0 Å². The second-order valence-corrected chi connectivity index (χ2v) is 4.70. The molecule has 0 atom stereocenters. The maximum atomic E-state index is 9.08. The standard InChI is InChI=1S/C12H14OS/c1-3-9-4-8(2)5-10-6-11(7-13)14-12(9)10/h4-6,13H,3,7H2,1-2H3. The molecular weight excluding hydrogens is 192 g/mol. The maximum absolute atomic E-state index is 9.08. The largest absolute Gasteiger partial charge is 0.391 e. The van der Waals surface area contributed by atoms with Gasteiger partial charge in [0, 0.05) is 9.58 Å². The van der Waals surface area contributed by atoms with Crippen LogP contribution in [0.1, 0.15) is 22.9 Å². The fourth-order valence-corrected chi connectivity index (χ4v) is 2.87. The zero-order chi connectivity index (χ0) is 10.1. The van der Waals surface area contributed by atoms with Crippen LogP contribution in [0.25, 0.3) is 10.1 Å². The van der Waals surface area contributed by atoms with E-state index in [0.717, 1.165) is 11.3 Å². The second-order valence-electron chi connectivity index (χ2n) is 3.57. The highest BCUT2D eigenvalue weighted by Crippen LogP contribution is 2.30. The van der Waals surface area contributed by atoms with E-state index in [9.17, 15) is 0 Å². The monoisotopic (exact) mass is 206 g/mol. The molecule has 0 saturated carbocycles. The lowest BCUT2D eigenvalue weighted by atomic mass is 10.1. The molecule has 1 heterocycles. The van der Waals surface area contributed by atoms with Crippen LogP contribution >= 0.6 is 11.3 Å². The predicted molar refractivity (Wildman–Crippen MR) is 61.9 cm³/mol. The topological polar surface area (TPSA) is 20.2 Å². The van der Waals surface area contributed by atoms with Gasteiger partial charge in [-0.1, -0.05) is 24.6 Å². The first kappa shape index (κ1) is 9.69. The summed E-state index contributed by atoms with van der Waals surface area (Å²) in [7, 11) is 0. The molecule has 0 radical (unpaired) electrons. The maximum Gasteiger partial charge on any atom is 0.0774 e. The molecule has 1 aromatic carbocycles. The van der Waals surface area contributed by atoms with Gasteiger partial charge >= 0.3 is 0 Å². The molecule has 0 aliphatic carbocycles. The third-order valence-corrected chi connectivity index (χ3v) is 3.64. The fourth-order valence-electron chi connectivity index (χ4n) is 1.78. The molecule has 2 heteroatoms. The molecule has 1 aromatic heterocycles. The van der Waals surface area contributed by atoms with E-state index in [1.165, 1.54) is 21.2 Å². The summed E-state index contributed by atoms with van der Waals surface area (Å²) >= 11 is 1.71. The number of aliphatic hydroxyl groups is 1. The summed E-state index contributed by atoms with van der Waals surface area (Å²) in [5.74, 6) is 0. The van der Waals surface area contributed by atoms with Gasteiger partial charge in [0.25, 0.3) is 0 Å². The number of hydrogen-bond donors (Lipinski definition) is 1. The molecule has 74 valence electrons. The van der Waals surface area contributed by atoms with Gasteiger partial charge in [0.1, 0.15) is 0 Å². The Bertz CT molecular complexity index is 457. The minimum absolute atomic E-state index is 0.154. The van der Waals surface area contributed by atoms with Crippen LogP contribution in [0.4, 0.5) is 0 Å². The third-order valence-electron chi connectivity index (χ3n) is 2.43. The minimum atomic E-state index is 0.154. The van der Waals surface area contributed by atoms with Crippen molar-refractivity contribution in [1.82, 2.24) is 0 Å². The van der Waals surface area contributed by atoms with Gasteiger partial charge < -0.3 is 5.11 Å². The van der Waals surface area contributed by atoms with E-state index in [1.54, 1.807) is 11.3 Å². The van der Waals surface area contributed by atoms with Gasteiger partial charge in [-0.05, 0) is 30.4 Å². The summed E-state index contributed by atoms with van der Waals surface area (Å²) in [6.45, 7) is 4.45. The molecule has 1 N–H and O–H groups in total. The molecule has 0 aliphatic heterocycles. The molecule has 0 bridgehead atoms. The van der Waals surface area contributed by atoms with Crippen molar-refractivity contribution < 1.29 is 5.11 Å². The van der Waals surface area contributed by atoms with Crippen LogP contribution in [-0.4, -0.2) is 5.11 Å². The Balaban J connectivity index is 2.71. The number of aryl methyl sites for hydroxylation is 2. The quantitative estimate of drug-likeness (QED) is 0.799. The molecule has 2 rings (SSSR count).